The molecule has 3 heteroatoms. The fraction of sp³-hybridized carbons (Fsp3) is 0.625. The summed E-state index contributed by atoms with van der Waals surface area (Å²) in [5, 5.41) is 3.28. The van der Waals surface area contributed by atoms with E-state index < -0.39 is 10.8 Å². The fourth-order valence-electron chi connectivity index (χ4n) is 1.86. The van der Waals surface area contributed by atoms with Crippen LogP contribution >= 0.6 is 0 Å². The topological polar surface area (TPSA) is 29.1 Å². The van der Waals surface area contributed by atoms with E-state index in [9.17, 15) is 4.21 Å². The lowest BCUT2D eigenvalue weighted by atomic mass is 10.00. The molecule has 0 bridgehead atoms. The Morgan fingerprint density at radius 1 is 1.11 bits per heavy atom. The molecular formula is C16H27NOS. The molecule has 1 N–H and O–H groups in total. The highest BCUT2D eigenvalue weighted by molar-refractivity contribution is 7.86. The second kappa shape index (κ2) is 6.67. The molecule has 1 aromatic rings. The summed E-state index contributed by atoms with van der Waals surface area (Å²) < 4.78 is 12.1. The largest absolute Gasteiger partial charge is 0.312 e. The van der Waals surface area contributed by atoms with E-state index in [1.807, 2.05) is 27.8 Å². The van der Waals surface area contributed by atoms with Gasteiger partial charge in [0.2, 0.25) is 0 Å². The van der Waals surface area contributed by atoms with E-state index in [4.69, 9.17) is 0 Å². The first-order valence-electron chi connectivity index (χ1n) is 6.91. The first-order valence-corrected chi connectivity index (χ1v) is 8.23. The number of nitrogens with one attached hydrogen (secondary N) is 1. The summed E-state index contributed by atoms with van der Waals surface area (Å²) in [5.74, 6) is 1.20. The molecule has 1 rings (SSSR count). The molecule has 0 saturated heterocycles. The van der Waals surface area contributed by atoms with Crippen LogP contribution in [0.25, 0.3) is 0 Å². The minimum absolute atomic E-state index is 0.154. The van der Waals surface area contributed by atoms with Crippen molar-refractivity contribution in [3.8, 4) is 0 Å². The zero-order valence-electron chi connectivity index (χ0n) is 13.0. The van der Waals surface area contributed by atoms with Crippen molar-refractivity contribution in [2.24, 2.45) is 0 Å². The molecule has 0 heterocycles. The van der Waals surface area contributed by atoms with E-state index in [0.717, 1.165) is 0 Å². The first kappa shape index (κ1) is 16.4. The molecule has 2 atom stereocenters. The minimum Gasteiger partial charge on any atom is -0.312 e. The zero-order valence-corrected chi connectivity index (χ0v) is 13.8. The number of hydrogen-bond donors (Lipinski definition) is 1. The summed E-state index contributed by atoms with van der Waals surface area (Å²) in [7, 11) is 1.09. The molecule has 0 aliphatic rings. The van der Waals surface area contributed by atoms with Crippen molar-refractivity contribution in [3.05, 3.63) is 35.4 Å². The third kappa shape index (κ3) is 4.73. The molecule has 19 heavy (non-hydrogen) atoms. The Morgan fingerprint density at radius 2 is 1.58 bits per heavy atom. The number of hydrogen-bond acceptors (Lipinski definition) is 2. The second-order valence-electron chi connectivity index (χ2n) is 6.29. The molecule has 0 radical (unpaired) electrons. The summed E-state index contributed by atoms with van der Waals surface area (Å²) in [6.07, 6.45) is 0. The van der Waals surface area contributed by atoms with Gasteiger partial charge in [-0.2, -0.15) is 0 Å². The monoisotopic (exact) mass is 281 g/mol. The van der Waals surface area contributed by atoms with Crippen molar-refractivity contribution in [1.29, 1.82) is 0 Å². The summed E-state index contributed by atoms with van der Waals surface area (Å²) in [6, 6.07) is 8.79. The first-order chi connectivity index (χ1) is 8.75. The fourth-order valence-corrected chi connectivity index (χ4v) is 3.02. The SMILES string of the molecule is CNC(CS(=O)C(C)(C)C)c1ccc(C(C)C)cc1. The highest BCUT2D eigenvalue weighted by Crippen LogP contribution is 2.22. The lowest BCUT2D eigenvalue weighted by molar-refractivity contribution is 0.613. The molecule has 108 valence electrons. The van der Waals surface area contributed by atoms with E-state index in [-0.39, 0.29) is 10.8 Å². The number of benzene rings is 1. The Kier molecular flexibility index (Phi) is 5.75. The van der Waals surface area contributed by atoms with Crippen molar-refractivity contribution in [1.82, 2.24) is 5.32 Å². The Hall–Kier alpha value is -0.670. The van der Waals surface area contributed by atoms with E-state index in [0.29, 0.717) is 11.7 Å². The molecule has 2 unspecified atom stereocenters. The van der Waals surface area contributed by atoms with E-state index in [2.05, 4.69) is 43.4 Å². The van der Waals surface area contributed by atoms with Gasteiger partial charge in [0, 0.05) is 27.3 Å². The summed E-state index contributed by atoms with van der Waals surface area (Å²) in [6.45, 7) is 10.5. The second-order valence-corrected chi connectivity index (χ2v) is 8.54. The van der Waals surface area contributed by atoms with Gasteiger partial charge in [-0.25, -0.2) is 0 Å². The van der Waals surface area contributed by atoms with Gasteiger partial charge in [-0.3, -0.25) is 4.21 Å². The van der Waals surface area contributed by atoms with Crippen LogP contribution in [0.3, 0.4) is 0 Å². The average Bonchev–Trinajstić information content (AvgIpc) is 2.34. The standard InChI is InChI=1S/C16H27NOS/c1-12(2)13-7-9-14(10-8-13)15(17-6)11-19(18)16(3,4)5/h7-10,12,15,17H,11H2,1-6H3. The lowest BCUT2D eigenvalue weighted by Crippen LogP contribution is -2.31. The minimum atomic E-state index is -0.844. The normalized spacial score (nSPS) is 15.5. The van der Waals surface area contributed by atoms with Gasteiger partial charge < -0.3 is 5.32 Å². The summed E-state index contributed by atoms with van der Waals surface area (Å²) in [5.41, 5.74) is 2.56. The Bertz CT molecular complexity index is 417. The van der Waals surface area contributed by atoms with Crippen molar-refractivity contribution >= 4 is 10.8 Å². The molecular weight excluding hydrogens is 254 g/mol. The van der Waals surface area contributed by atoms with Gasteiger partial charge in [-0.05, 0) is 44.9 Å². The van der Waals surface area contributed by atoms with E-state index >= 15 is 0 Å². The van der Waals surface area contributed by atoms with Gasteiger partial charge in [0.25, 0.3) is 0 Å². The van der Waals surface area contributed by atoms with Gasteiger partial charge in [0.15, 0.2) is 0 Å². The van der Waals surface area contributed by atoms with Crippen molar-refractivity contribution < 1.29 is 4.21 Å². The van der Waals surface area contributed by atoms with Crippen LogP contribution in [0.1, 0.15) is 57.7 Å². The lowest BCUT2D eigenvalue weighted by Gasteiger charge is -2.23. The van der Waals surface area contributed by atoms with Gasteiger partial charge in [-0.1, -0.05) is 38.1 Å². The maximum atomic E-state index is 12.3. The molecule has 0 fully saturated rings. The zero-order chi connectivity index (χ0) is 14.6. The summed E-state index contributed by atoms with van der Waals surface area (Å²) in [4.78, 5) is 0. The van der Waals surface area contributed by atoms with Crippen LogP contribution < -0.4 is 5.32 Å². The highest BCUT2D eigenvalue weighted by atomic mass is 32.2. The molecule has 1 aromatic carbocycles. The van der Waals surface area contributed by atoms with Crippen molar-refractivity contribution in [2.45, 2.75) is 51.3 Å². The van der Waals surface area contributed by atoms with E-state index in [1.54, 1.807) is 0 Å². The molecule has 0 spiro atoms. The predicted octanol–water partition coefficient (Wildman–Crippen LogP) is 3.62. The predicted molar refractivity (Wildman–Crippen MR) is 85.1 cm³/mol. The van der Waals surface area contributed by atoms with Crippen molar-refractivity contribution in [3.63, 3.8) is 0 Å². The molecule has 0 aliphatic carbocycles. The van der Waals surface area contributed by atoms with Gasteiger partial charge in [0.05, 0.1) is 0 Å². The van der Waals surface area contributed by atoms with E-state index in [1.165, 1.54) is 11.1 Å². The molecule has 0 amide bonds. The van der Waals surface area contributed by atoms with Gasteiger partial charge in [0.1, 0.15) is 0 Å². The van der Waals surface area contributed by atoms with Crippen LogP contribution in [0.5, 0.6) is 0 Å². The highest BCUT2D eigenvalue weighted by Gasteiger charge is 2.23. The summed E-state index contributed by atoms with van der Waals surface area (Å²) >= 11 is 0. The number of rotatable bonds is 5. The smallest absolute Gasteiger partial charge is 0.0435 e. The quantitative estimate of drug-likeness (QED) is 0.893. The Labute approximate surface area is 120 Å². The van der Waals surface area contributed by atoms with Crippen LogP contribution in [0.4, 0.5) is 0 Å². The third-order valence-corrected chi connectivity index (χ3v) is 5.36. The third-order valence-electron chi connectivity index (χ3n) is 3.36. The molecule has 2 nitrogen and oxygen atoms in total. The van der Waals surface area contributed by atoms with Gasteiger partial charge in [-0.15, -0.1) is 0 Å². The molecule has 0 aliphatic heterocycles. The van der Waals surface area contributed by atoms with Crippen LogP contribution in [0.2, 0.25) is 0 Å². The Balaban J connectivity index is 2.83. The van der Waals surface area contributed by atoms with Crippen LogP contribution in [0, 0.1) is 0 Å². The average molecular weight is 281 g/mol. The van der Waals surface area contributed by atoms with Crippen LogP contribution in [-0.2, 0) is 10.8 Å². The molecule has 0 saturated carbocycles. The maximum Gasteiger partial charge on any atom is 0.0435 e. The van der Waals surface area contributed by atoms with Crippen LogP contribution in [0.15, 0.2) is 24.3 Å². The maximum absolute atomic E-state index is 12.3. The van der Waals surface area contributed by atoms with Crippen molar-refractivity contribution in [2.75, 3.05) is 12.8 Å². The van der Waals surface area contributed by atoms with Crippen LogP contribution in [-0.4, -0.2) is 21.8 Å². The van der Waals surface area contributed by atoms with Gasteiger partial charge >= 0.3 is 0 Å². The molecule has 0 aromatic heterocycles. The Morgan fingerprint density at radius 3 is 1.95 bits per heavy atom.